The van der Waals surface area contributed by atoms with Crippen molar-refractivity contribution in [2.75, 3.05) is 20.3 Å². The minimum absolute atomic E-state index is 0.0377. The molecule has 0 atom stereocenters. The lowest BCUT2D eigenvalue weighted by molar-refractivity contribution is -0.122. The van der Waals surface area contributed by atoms with Crippen LogP contribution in [0.4, 0.5) is 0 Å². The van der Waals surface area contributed by atoms with Gasteiger partial charge in [-0.2, -0.15) is 0 Å². The second-order valence-electron chi connectivity index (χ2n) is 6.55. The van der Waals surface area contributed by atoms with Crippen LogP contribution in [0.1, 0.15) is 31.2 Å². The molecular formula is C21H25NO3. The van der Waals surface area contributed by atoms with Gasteiger partial charge in [0, 0.05) is 12.0 Å². The molecule has 25 heavy (non-hydrogen) atoms. The van der Waals surface area contributed by atoms with Gasteiger partial charge in [0.25, 0.3) is 0 Å². The topological polar surface area (TPSA) is 47.6 Å². The van der Waals surface area contributed by atoms with Gasteiger partial charge in [-0.25, -0.2) is 0 Å². The summed E-state index contributed by atoms with van der Waals surface area (Å²) in [5.74, 6) is 1.57. The Morgan fingerprint density at radius 2 is 1.72 bits per heavy atom. The number of nitrogens with one attached hydrogen (secondary N) is 1. The maximum absolute atomic E-state index is 12.1. The summed E-state index contributed by atoms with van der Waals surface area (Å²) in [5, 5.41) is 3.09. The molecule has 1 amide bonds. The van der Waals surface area contributed by atoms with Crippen LogP contribution in [0.2, 0.25) is 0 Å². The Hall–Kier alpha value is -2.49. The summed E-state index contributed by atoms with van der Waals surface area (Å²) in [7, 11) is 1.63. The third kappa shape index (κ3) is 4.32. The molecule has 1 aliphatic rings. The molecule has 0 unspecified atom stereocenters. The van der Waals surface area contributed by atoms with Crippen molar-refractivity contribution in [3.05, 3.63) is 60.2 Å². The Kier molecular flexibility index (Phi) is 5.59. The van der Waals surface area contributed by atoms with Gasteiger partial charge in [-0.1, -0.05) is 36.8 Å². The van der Waals surface area contributed by atoms with Crippen molar-refractivity contribution in [2.24, 2.45) is 0 Å². The predicted molar refractivity (Wildman–Crippen MR) is 98.1 cm³/mol. The molecule has 4 heteroatoms. The summed E-state index contributed by atoms with van der Waals surface area (Å²) >= 11 is 0. The summed E-state index contributed by atoms with van der Waals surface area (Å²) in [4.78, 5) is 12.1. The first-order valence-electron chi connectivity index (χ1n) is 8.81. The van der Waals surface area contributed by atoms with Crippen LogP contribution in [0.15, 0.2) is 54.6 Å². The van der Waals surface area contributed by atoms with Gasteiger partial charge >= 0.3 is 0 Å². The Morgan fingerprint density at radius 3 is 2.32 bits per heavy atom. The smallest absolute Gasteiger partial charge is 0.223 e. The highest BCUT2D eigenvalue weighted by Crippen LogP contribution is 2.43. The molecule has 0 spiro atoms. The van der Waals surface area contributed by atoms with E-state index < -0.39 is 0 Å². The monoisotopic (exact) mass is 339 g/mol. The van der Waals surface area contributed by atoms with Gasteiger partial charge in [0.15, 0.2) is 0 Å². The first-order chi connectivity index (χ1) is 12.2. The predicted octanol–water partition coefficient (Wildman–Crippen LogP) is 3.70. The molecule has 2 aromatic rings. The first kappa shape index (κ1) is 17.3. The number of benzene rings is 2. The maximum Gasteiger partial charge on any atom is 0.223 e. The van der Waals surface area contributed by atoms with Crippen LogP contribution >= 0.6 is 0 Å². The van der Waals surface area contributed by atoms with E-state index in [-0.39, 0.29) is 11.3 Å². The van der Waals surface area contributed by atoms with Crippen molar-refractivity contribution in [3.63, 3.8) is 0 Å². The minimum Gasteiger partial charge on any atom is -0.497 e. The second kappa shape index (κ2) is 8.06. The van der Waals surface area contributed by atoms with Gasteiger partial charge in [0.2, 0.25) is 5.91 Å². The molecule has 1 saturated carbocycles. The van der Waals surface area contributed by atoms with Gasteiger partial charge in [-0.05, 0) is 42.7 Å². The lowest BCUT2D eigenvalue weighted by atomic mass is 9.64. The van der Waals surface area contributed by atoms with E-state index in [9.17, 15) is 4.79 Å². The van der Waals surface area contributed by atoms with Crippen LogP contribution in [0.3, 0.4) is 0 Å². The van der Waals surface area contributed by atoms with Crippen molar-refractivity contribution in [2.45, 2.75) is 31.1 Å². The highest BCUT2D eigenvalue weighted by atomic mass is 16.5. The molecular weight excluding hydrogens is 314 g/mol. The summed E-state index contributed by atoms with van der Waals surface area (Å²) in [6.07, 6.45) is 3.86. The zero-order valence-electron chi connectivity index (χ0n) is 14.7. The summed E-state index contributed by atoms with van der Waals surface area (Å²) in [5.41, 5.74) is 1.45. The third-order valence-electron chi connectivity index (χ3n) is 4.98. The number of amides is 1. The van der Waals surface area contributed by atoms with Crippen LogP contribution in [-0.4, -0.2) is 26.2 Å². The van der Waals surface area contributed by atoms with Gasteiger partial charge < -0.3 is 14.8 Å². The lowest BCUT2D eigenvalue weighted by Crippen LogP contribution is -2.45. The number of rotatable bonds is 8. The van der Waals surface area contributed by atoms with E-state index in [1.54, 1.807) is 7.11 Å². The number of hydrogen-bond acceptors (Lipinski definition) is 3. The van der Waals surface area contributed by atoms with E-state index in [4.69, 9.17) is 9.47 Å². The molecule has 2 aromatic carbocycles. The zero-order valence-corrected chi connectivity index (χ0v) is 14.7. The highest BCUT2D eigenvalue weighted by Gasteiger charge is 2.38. The number of carbonyl (C=O) groups excluding carboxylic acids is 1. The molecule has 0 heterocycles. The van der Waals surface area contributed by atoms with Gasteiger partial charge in [0.05, 0.1) is 20.1 Å². The lowest BCUT2D eigenvalue weighted by Gasteiger charge is -2.42. The molecule has 0 aromatic heterocycles. The van der Waals surface area contributed by atoms with E-state index in [1.165, 1.54) is 12.0 Å². The quantitative estimate of drug-likeness (QED) is 0.798. The SMILES string of the molecule is COc1ccc(OCCC(=O)NCC2(c3ccccc3)CCC2)cc1. The maximum atomic E-state index is 12.1. The Bertz CT molecular complexity index is 678. The van der Waals surface area contributed by atoms with Crippen molar-refractivity contribution in [3.8, 4) is 11.5 Å². The summed E-state index contributed by atoms with van der Waals surface area (Å²) in [6.45, 7) is 1.08. The summed E-state index contributed by atoms with van der Waals surface area (Å²) in [6, 6.07) is 17.9. The molecule has 0 bridgehead atoms. The van der Waals surface area contributed by atoms with Crippen LogP contribution in [0.5, 0.6) is 11.5 Å². The fourth-order valence-electron chi connectivity index (χ4n) is 3.25. The normalized spacial score (nSPS) is 15.1. The van der Waals surface area contributed by atoms with Gasteiger partial charge in [-0.3, -0.25) is 4.79 Å². The Balaban J connectivity index is 1.43. The van der Waals surface area contributed by atoms with Crippen LogP contribution in [0.25, 0.3) is 0 Å². The number of hydrogen-bond donors (Lipinski definition) is 1. The van der Waals surface area contributed by atoms with E-state index in [2.05, 4.69) is 29.6 Å². The first-order valence-corrected chi connectivity index (χ1v) is 8.81. The second-order valence-corrected chi connectivity index (χ2v) is 6.55. The average Bonchev–Trinajstić information content (AvgIpc) is 2.62. The fraction of sp³-hybridized carbons (Fsp3) is 0.381. The zero-order chi connectivity index (χ0) is 17.5. The Morgan fingerprint density at radius 1 is 1.04 bits per heavy atom. The van der Waals surface area contributed by atoms with Crippen molar-refractivity contribution in [1.29, 1.82) is 0 Å². The molecule has 1 aliphatic carbocycles. The molecule has 0 saturated heterocycles. The van der Waals surface area contributed by atoms with Crippen molar-refractivity contribution in [1.82, 2.24) is 5.32 Å². The number of ether oxygens (including phenoxy) is 2. The summed E-state index contributed by atoms with van der Waals surface area (Å²) < 4.78 is 10.7. The van der Waals surface area contributed by atoms with E-state index in [0.717, 1.165) is 24.3 Å². The van der Waals surface area contributed by atoms with Gasteiger partial charge in [-0.15, -0.1) is 0 Å². The van der Waals surface area contributed by atoms with Crippen LogP contribution in [-0.2, 0) is 10.2 Å². The molecule has 4 nitrogen and oxygen atoms in total. The van der Waals surface area contributed by atoms with Crippen LogP contribution in [0, 0.1) is 0 Å². The van der Waals surface area contributed by atoms with Crippen molar-refractivity contribution >= 4 is 5.91 Å². The minimum atomic E-state index is 0.0377. The van der Waals surface area contributed by atoms with Gasteiger partial charge in [0.1, 0.15) is 11.5 Å². The molecule has 1 fully saturated rings. The number of carbonyl (C=O) groups is 1. The van der Waals surface area contributed by atoms with Crippen LogP contribution < -0.4 is 14.8 Å². The Labute approximate surface area is 149 Å². The third-order valence-corrected chi connectivity index (χ3v) is 4.98. The molecule has 1 N–H and O–H groups in total. The molecule has 3 rings (SSSR count). The molecule has 0 radical (unpaired) electrons. The molecule has 0 aliphatic heterocycles. The van der Waals surface area contributed by atoms with E-state index in [1.807, 2.05) is 30.3 Å². The largest absolute Gasteiger partial charge is 0.497 e. The van der Waals surface area contributed by atoms with Crippen molar-refractivity contribution < 1.29 is 14.3 Å². The van der Waals surface area contributed by atoms with E-state index >= 15 is 0 Å². The molecule has 132 valence electrons. The standard InChI is InChI=1S/C21H25NO3/c1-24-18-8-10-19(11-9-18)25-15-12-20(23)22-16-21(13-5-14-21)17-6-3-2-4-7-17/h2-4,6-11H,5,12-16H2,1H3,(H,22,23). The fourth-order valence-corrected chi connectivity index (χ4v) is 3.25. The van der Waals surface area contributed by atoms with E-state index in [0.29, 0.717) is 19.6 Å². The average molecular weight is 339 g/mol. The number of methoxy groups -OCH3 is 1. The highest BCUT2D eigenvalue weighted by molar-refractivity contribution is 5.76.